The molecule has 206 valence electrons. The van der Waals surface area contributed by atoms with E-state index in [0.29, 0.717) is 34.9 Å². The summed E-state index contributed by atoms with van der Waals surface area (Å²) in [6, 6.07) is 21.2. The second-order valence-corrected chi connectivity index (χ2v) is 13.9. The number of fused-ring (bicyclic) bond motifs is 2. The number of aryl methyl sites for hydroxylation is 2. The summed E-state index contributed by atoms with van der Waals surface area (Å²) in [7, 11) is -1.63. The lowest BCUT2D eigenvalue weighted by atomic mass is 9.69. The number of carbonyl (C=O) groups excluding carboxylic acids is 1. The van der Waals surface area contributed by atoms with E-state index in [-0.39, 0.29) is 17.2 Å². The minimum absolute atomic E-state index is 0.0280. The molecule has 5 rings (SSSR count). The Kier molecular flexibility index (Phi) is 7.91. The Bertz CT molecular complexity index is 1440. The van der Waals surface area contributed by atoms with Gasteiger partial charge in [0.25, 0.3) is 5.91 Å². The van der Waals surface area contributed by atoms with E-state index in [1.165, 1.54) is 0 Å². The Morgan fingerprint density at radius 1 is 1.03 bits per heavy atom. The molecule has 0 aromatic heterocycles. The maximum Gasteiger partial charge on any atom is 0.253 e. The van der Waals surface area contributed by atoms with Crippen LogP contribution in [0.15, 0.2) is 71.6 Å². The van der Waals surface area contributed by atoms with Crippen molar-refractivity contribution < 1.29 is 13.2 Å². The molecule has 2 atom stereocenters. The molecule has 2 heterocycles. The van der Waals surface area contributed by atoms with Crippen LogP contribution in [0.3, 0.4) is 0 Å². The summed E-state index contributed by atoms with van der Waals surface area (Å²) < 4.78 is 27.9. The predicted octanol–water partition coefficient (Wildman–Crippen LogP) is 6.07. The number of halogens is 1. The number of nitrogens with one attached hydrogen (secondary N) is 1. The molecule has 1 N–H and O–H groups in total. The molecular weight excluding hydrogens is 528 g/mol. The molecular formula is C32H37ClN2O3S. The summed E-state index contributed by atoms with van der Waals surface area (Å²) in [5, 5.41) is 3.60. The minimum Gasteiger partial charge on any atom is -0.341 e. The van der Waals surface area contributed by atoms with E-state index < -0.39 is 15.1 Å². The molecule has 1 saturated heterocycles. The summed E-state index contributed by atoms with van der Waals surface area (Å²) in [4.78, 5) is 15.7. The molecule has 2 aliphatic heterocycles. The number of carbonyl (C=O) groups is 1. The monoisotopic (exact) mass is 564 g/mol. The highest BCUT2D eigenvalue weighted by molar-refractivity contribution is 7.92. The topological polar surface area (TPSA) is 66.5 Å². The smallest absolute Gasteiger partial charge is 0.253 e. The van der Waals surface area contributed by atoms with E-state index in [9.17, 15) is 13.2 Å². The number of likely N-dealkylation sites (N-methyl/N-ethyl adjacent to an activating group) is 1. The number of hydrogen-bond acceptors (Lipinski definition) is 4. The summed E-state index contributed by atoms with van der Waals surface area (Å²) in [6.45, 7) is 6.11. The van der Waals surface area contributed by atoms with Crippen LogP contribution in [0.5, 0.6) is 0 Å². The molecule has 0 aliphatic carbocycles. The van der Waals surface area contributed by atoms with Crippen LogP contribution < -0.4 is 5.32 Å². The third-order valence-corrected chi connectivity index (χ3v) is 11.3. The molecule has 1 amide bonds. The maximum atomic E-state index is 13.9. The zero-order chi connectivity index (χ0) is 27.8. The quantitative estimate of drug-likeness (QED) is 0.378. The van der Waals surface area contributed by atoms with Crippen LogP contribution >= 0.6 is 11.6 Å². The van der Waals surface area contributed by atoms with Crippen molar-refractivity contribution in [3.05, 3.63) is 99.6 Å². The Labute approximate surface area is 237 Å². The zero-order valence-electron chi connectivity index (χ0n) is 22.9. The maximum absolute atomic E-state index is 13.9. The Hall–Kier alpha value is -2.67. The van der Waals surface area contributed by atoms with Gasteiger partial charge in [0.05, 0.1) is 10.1 Å². The van der Waals surface area contributed by atoms with Crippen molar-refractivity contribution in [1.29, 1.82) is 0 Å². The standard InChI is InChI=1S/C32H37ClN2O3S/c1-22-18-23(2)20-26(19-22)31(36)35(3)21-25(24-8-11-27(33)12-9-24)10-13-30-32(14-16-34-17-15-32)28-6-4-5-7-29(28)39(30,37)38/h4-9,11-12,18-20,25,30,34H,10,13-17,21H2,1-3H3/t25-,30?/m1/s1. The number of sulfone groups is 1. The number of hydrogen-bond donors (Lipinski definition) is 1. The van der Waals surface area contributed by atoms with Gasteiger partial charge in [0.2, 0.25) is 0 Å². The number of piperidine rings is 1. The first kappa shape index (κ1) is 27.9. The number of benzene rings is 3. The first-order valence-corrected chi connectivity index (χ1v) is 15.7. The Morgan fingerprint density at radius 3 is 2.33 bits per heavy atom. The third-order valence-electron chi connectivity index (χ3n) is 8.64. The molecule has 1 unspecified atom stereocenters. The molecule has 5 nitrogen and oxygen atoms in total. The molecule has 3 aromatic rings. The van der Waals surface area contributed by atoms with E-state index in [0.717, 1.165) is 48.2 Å². The first-order chi connectivity index (χ1) is 18.6. The number of amides is 1. The Balaban J connectivity index is 1.43. The predicted molar refractivity (Wildman–Crippen MR) is 158 cm³/mol. The van der Waals surface area contributed by atoms with Gasteiger partial charge in [-0.3, -0.25) is 4.79 Å². The highest BCUT2D eigenvalue weighted by Gasteiger charge is 2.55. The molecule has 39 heavy (non-hydrogen) atoms. The van der Waals surface area contributed by atoms with E-state index in [4.69, 9.17) is 11.6 Å². The SMILES string of the molecule is Cc1cc(C)cc(C(=O)N(C)C[C@@H](CCC2C3(CCNCC3)c3ccccc3S2(=O)=O)c2ccc(Cl)cc2)c1. The van der Waals surface area contributed by atoms with Gasteiger partial charge in [-0.25, -0.2) is 8.42 Å². The van der Waals surface area contributed by atoms with Crippen LogP contribution in [0, 0.1) is 13.8 Å². The zero-order valence-corrected chi connectivity index (χ0v) is 24.5. The lowest BCUT2D eigenvalue weighted by Crippen LogP contribution is -2.47. The Morgan fingerprint density at radius 2 is 1.67 bits per heavy atom. The van der Waals surface area contributed by atoms with E-state index in [1.54, 1.807) is 11.0 Å². The van der Waals surface area contributed by atoms with Crippen LogP contribution in [-0.4, -0.2) is 51.2 Å². The van der Waals surface area contributed by atoms with Gasteiger partial charge in [0.15, 0.2) is 9.84 Å². The van der Waals surface area contributed by atoms with E-state index >= 15 is 0 Å². The van der Waals surface area contributed by atoms with Gasteiger partial charge in [-0.1, -0.05) is 59.1 Å². The van der Waals surface area contributed by atoms with Crippen LogP contribution in [0.25, 0.3) is 0 Å². The van der Waals surface area contributed by atoms with E-state index in [2.05, 4.69) is 11.4 Å². The van der Waals surface area contributed by atoms with Crippen LogP contribution in [0.2, 0.25) is 5.02 Å². The third kappa shape index (κ3) is 5.39. The lowest BCUT2D eigenvalue weighted by molar-refractivity contribution is 0.0783. The fourth-order valence-electron chi connectivity index (χ4n) is 6.83. The number of rotatable bonds is 7. The van der Waals surface area contributed by atoms with Gasteiger partial charge in [-0.15, -0.1) is 0 Å². The van der Waals surface area contributed by atoms with Crippen molar-refractivity contribution in [2.75, 3.05) is 26.7 Å². The van der Waals surface area contributed by atoms with Gasteiger partial charge in [0.1, 0.15) is 0 Å². The molecule has 3 aromatic carbocycles. The highest BCUT2D eigenvalue weighted by Crippen LogP contribution is 2.52. The fourth-order valence-corrected chi connectivity index (χ4v) is 9.51. The van der Waals surface area contributed by atoms with Gasteiger partial charge in [-0.05, 0) is 94.1 Å². The van der Waals surface area contributed by atoms with E-state index in [1.807, 2.05) is 75.5 Å². The normalized spacial score (nSPS) is 19.9. The van der Waals surface area contributed by atoms with Gasteiger partial charge < -0.3 is 10.2 Å². The second kappa shape index (κ2) is 11.1. The van der Waals surface area contributed by atoms with Crippen LogP contribution in [0.1, 0.15) is 64.2 Å². The molecule has 7 heteroatoms. The number of nitrogens with zero attached hydrogens (tertiary/aromatic N) is 1. The molecule has 1 fully saturated rings. The van der Waals surface area contributed by atoms with Crippen LogP contribution in [-0.2, 0) is 15.3 Å². The molecule has 1 spiro atoms. The second-order valence-electron chi connectivity index (χ2n) is 11.3. The largest absolute Gasteiger partial charge is 0.341 e. The summed E-state index contributed by atoms with van der Waals surface area (Å²) in [6.07, 6.45) is 2.81. The molecule has 2 aliphatic rings. The molecule has 0 saturated carbocycles. The average Bonchev–Trinajstić information content (AvgIpc) is 3.09. The van der Waals surface area contributed by atoms with Crippen molar-refractivity contribution in [3.63, 3.8) is 0 Å². The summed E-state index contributed by atoms with van der Waals surface area (Å²) in [5.41, 5.74) is 4.46. The van der Waals surface area contributed by atoms with Gasteiger partial charge in [0, 0.05) is 35.5 Å². The molecule has 0 radical (unpaired) electrons. The van der Waals surface area contributed by atoms with Crippen molar-refractivity contribution in [2.24, 2.45) is 0 Å². The van der Waals surface area contributed by atoms with Crippen molar-refractivity contribution in [1.82, 2.24) is 10.2 Å². The lowest BCUT2D eigenvalue weighted by Gasteiger charge is -2.39. The van der Waals surface area contributed by atoms with Gasteiger partial charge >= 0.3 is 0 Å². The van der Waals surface area contributed by atoms with Crippen molar-refractivity contribution in [3.8, 4) is 0 Å². The molecule has 0 bridgehead atoms. The fraction of sp³-hybridized carbons (Fsp3) is 0.406. The minimum atomic E-state index is -3.47. The van der Waals surface area contributed by atoms with Crippen molar-refractivity contribution in [2.45, 2.75) is 61.0 Å². The highest BCUT2D eigenvalue weighted by atomic mass is 35.5. The summed E-state index contributed by atoms with van der Waals surface area (Å²) in [5.74, 6) is -0.0590. The summed E-state index contributed by atoms with van der Waals surface area (Å²) >= 11 is 6.20. The first-order valence-electron chi connectivity index (χ1n) is 13.8. The van der Waals surface area contributed by atoms with Crippen LogP contribution in [0.4, 0.5) is 0 Å². The average molecular weight is 565 g/mol. The van der Waals surface area contributed by atoms with Crippen molar-refractivity contribution >= 4 is 27.3 Å². The van der Waals surface area contributed by atoms with Gasteiger partial charge in [-0.2, -0.15) is 0 Å².